The van der Waals surface area contributed by atoms with Gasteiger partial charge in [0.15, 0.2) is 0 Å². The normalized spacial score (nSPS) is 10.2. The van der Waals surface area contributed by atoms with Crippen LogP contribution in [-0.4, -0.2) is 30.1 Å². The largest absolute Gasteiger partial charge is 0.492 e. The maximum absolute atomic E-state index is 10.6. The molecule has 2 rings (SSSR count). The minimum atomic E-state index is -0.473. The van der Waals surface area contributed by atoms with E-state index in [9.17, 15) is 10.1 Å². The van der Waals surface area contributed by atoms with Gasteiger partial charge in [0.25, 0.3) is 5.69 Å². The van der Waals surface area contributed by atoms with Crippen molar-refractivity contribution >= 4 is 23.1 Å². The van der Waals surface area contributed by atoms with E-state index in [1.807, 2.05) is 24.1 Å². The predicted molar refractivity (Wildman–Crippen MR) is 81.1 cm³/mol. The van der Waals surface area contributed by atoms with E-state index in [2.05, 4.69) is 4.98 Å². The summed E-state index contributed by atoms with van der Waals surface area (Å²) in [4.78, 5) is 16.0. The molecule has 7 heteroatoms. The molecule has 0 unspecified atom stereocenters. The Bertz CT molecular complexity index is 619. The first kappa shape index (κ1) is 15.1. The second-order valence-corrected chi connectivity index (χ2v) is 4.80. The number of aromatic nitrogens is 1. The molecule has 110 valence electrons. The van der Waals surface area contributed by atoms with Gasteiger partial charge in [-0.1, -0.05) is 17.7 Å². The van der Waals surface area contributed by atoms with Crippen molar-refractivity contribution in [2.45, 2.75) is 0 Å². The van der Waals surface area contributed by atoms with Crippen LogP contribution in [0.2, 0.25) is 5.02 Å². The molecule has 0 amide bonds. The molecular weight excluding hydrogens is 294 g/mol. The molecule has 0 N–H and O–H groups in total. The fraction of sp³-hybridized carbons (Fsp3) is 0.214. The van der Waals surface area contributed by atoms with Crippen LogP contribution in [0, 0.1) is 10.1 Å². The van der Waals surface area contributed by atoms with Crippen LogP contribution in [0.15, 0.2) is 42.6 Å². The third kappa shape index (κ3) is 4.32. The molecule has 1 heterocycles. The summed E-state index contributed by atoms with van der Waals surface area (Å²) in [5, 5.41) is 11.2. The van der Waals surface area contributed by atoms with Crippen LogP contribution in [0.1, 0.15) is 0 Å². The van der Waals surface area contributed by atoms with E-state index >= 15 is 0 Å². The topological polar surface area (TPSA) is 68.5 Å². The molecule has 0 aliphatic rings. The molecule has 21 heavy (non-hydrogen) atoms. The van der Waals surface area contributed by atoms with E-state index in [0.29, 0.717) is 29.7 Å². The van der Waals surface area contributed by atoms with Crippen molar-refractivity contribution in [2.24, 2.45) is 0 Å². The van der Waals surface area contributed by atoms with Crippen molar-refractivity contribution < 1.29 is 9.66 Å². The molecule has 2 aromatic rings. The summed E-state index contributed by atoms with van der Waals surface area (Å²) >= 11 is 5.87. The van der Waals surface area contributed by atoms with Crippen LogP contribution in [0.3, 0.4) is 0 Å². The van der Waals surface area contributed by atoms with E-state index in [1.54, 1.807) is 18.2 Å². The zero-order chi connectivity index (χ0) is 15.2. The Morgan fingerprint density at radius 1 is 1.38 bits per heavy atom. The molecule has 0 aliphatic carbocycles. The van der Waals surface area contributed by atoms with Gasteiger partial charge in [-0.2, -0.15) is 0 Å². The smallest absolute Gasteiger partial charge is 0.287 e. The van der Waals surface area contributed by atoms with Crippen LogP contribution < -0.4 is 9.64 Å². The van der Waals surface area contributed by atoms with Crippen molar-refractivity contribution in [3.8, 4) is 5.75 Å². The maximum atomic E-state index is 10.6. The van der Waals surface area contributed by atoms with Gasteiger partial charge in [-0.05, 0) is 24.3 Å². The van der Waals surface area contributed by atoms with Gasteiger partial charge in [-0.3, -0.25) is 10.1 Å². The molecule has 1 aromatic carbocycles. The van der Waals surface area contributed by atoms with Crippen LogP contribution in [0.4, 0.5) is 11.5 Å². The summed E-state index contributed by atoms with van der Waals surface area (Å²) in [6.07, 6.45) is 1.24. The number of ether oxygens (including phenoxy) is 1. The van der Waals surface area contributed by atoms with E-state index in [4.69, 9.17) is 16.3 Å². The van der Waals surface area contributed by atoms with E-state index in [0.717, 1.165) is 0 Å². The average molecular weight is 308 g/mol. The Kier molecular flexibility index (Phi) is 4.94. The number of hydrogen-bond acceptors (Lipinski definition) is 5. The Morgan fingerprint density at radius 3 is 2.81 bits per heavy atom. The second-order valence-electron chi connectivity index (χ2n) is 4.36. The van der Waals surface area contributed by atoms with Gasteiger partial charge in [0.2, 0.25) is 0 Å². The molecule has 0 spiro atoms. The minimum Gasteiger partial charge on any atom is -0.492 e. The highest BCUT2D eigenvalue weighted by Gasteiger charge is 2.08. The number of hydrogen-bond donors (Lipinski definition) is 0. The lowest BCUT2D eigenvalue weighted by Crippen LogP contribution is -2.24. The standard InChI is InChI=1S/C14H14ClN3O3/c1-17(14-6-5-12(10-16-14)18(19)20)7-8-21-13-4-2-3-11(15)9-13/h2-6,9-10H,7-8H2,1H3. The molecule has 0 fully saturated rings. The Balaban J connectivity index is 1.86. The molecule has 0 saturated heterocycles. The first-order valence-electron chi connectivity index (χ1n) is 6.26. The van der Waals surface area contributed by atoms with Gasteiger partial charge in [0.1, 0.15) is 24.4 Å². The van der Waals surface area contributed by atoms with Gasteiger partial charge >= 0.3 is 0 Å². The van der Waals surface area contributed by atoms with Gasteiger partial charge in [-0.25, -0.2) is 4.98 Å². The van der Waals surface area contributed by atoms with Crippen molar-refractivity contribution in [3.63, 3.8) is 0 Å². The van der Waals surface area contributed by atoms with Gasteiger partial charge < -0.3 is 9.64 Å². The maximum Gasteiger partial charge on any atom is 0.287 e. The zero-order valence-electron chi connectivity index (χ0n) is 11.4. The third-order valence-corrected chi connectivity index (χ3v) is 3.06. The third-order valence-electron chi connectivity index (χ3n) is 2.83. The van der Waals surface area contributed by atoms with Gasteiger partial charge in [0, 0.05) is 18.1 Å². The highest BCUT2D eigenvalue weighted by atomic mass is 35.5. The van der Waals surface area contributed by atoms with Crippen LogP contribution in [0.5, 0.6) is 5.75 Å². The Hall–Kier alpha value is -2.34. The van der Waals surface area contributed by atoms with Crippen LogP contribution in [0.25, 0.3) is 0 Å². The highest BCUT2D eigenvalue weighted by Crippen LogP contribution is 2.17. The monoisotopic (exact) mass is 307 g/mol. The molecule has 0 radical (unpaired) electrons. The fourth-order valence-electron chi connectivity index (χ4n) is 1.68. The zero-order valence-corrected chi connectivity index (χ0v) is 12.2. The van der Waals surface area contributed by atoms with E-state index < -0.39 is 4.92 Å². The number of nitrogens with zero attached hydrogens (tertiary/aromatic N) is 3. The molecule has 1 aromatic heterocycles. The number of rotatable bonds is 6. The van der Waals surface area contributed by atoms with Gasteiger partial charge in [-0.15, -0.1) is 0 Å². The second kappa shape index (κ2) is 6.90. The summed E-state index contributed by atoms with van der Waals surface area (Å²) in [6, 6.07) is 10.2. The lowest BCUT2D eigenvalue weighted by Gasteiger charge is -2.18. The summed E-state index contributed by atoms with van der Waals surface area (Å²) in [5.74, 6) is 1.35. The first-order chi connectivity index (χ1) is 10.1. The molecular formula is C14H14ClN3O3. The summed E-state index contributed by atoms with van der Waals surface area (Å²) in [6.45, 7) is 1.05. The summed E-state index contributed by atoms with van der Waals surface area (Å²) in [5.41, 5.74) is -0.0256. The average Bonchev–Trinajstić information content (AvgIpc) is 2.47. The van der Waals surface area contributed by atoms with E-state index in [-0.39, 0.29) is 5.69 Å². The SMILES string of the molecule is CN(CCOc1cccc(Cl)c1)c1ccc([N+](=O)[O-])cn1. The first-order valence-corrected chi connectivity index (χ1v) is 6.64. The number of likely N-dealkylation sites (N-methyl/N-ethyl adjacent to an activating group) is 1. The highest BCUT2D eigenvalue weighted by molar-refractivity contribution is 6.30. The number of anilines is 1. The summed E-state index contributed by atoms with van der Waals surface area (Å²) in [7, 11) is 1.84. The van der Waals surface area contributed by atoms with Crippen molar-refractivity contribution in [1.29, 1.82) is 0 Å². The molecule has 0 aliphatic heterocycles. The predicted octanol–water partition coefficient (Wildman–Crippen LogP) is 3.16. The fourth-order valence-corrected chi connectivity index (χ4v) is 1.86. The lowest BCUT2D eigenvalue weighted by molar-refractivity contribution is -0.385. The van der Waals surface area contributed by atoms with Crippen molar-refractivity contribution in [2.75, 3.05) is 25.1 Å². The Morgan fingerprint density at radius 2 is 2.19 bits per heavy atom. The molecule has 0 bridgehead atoms. The minimum absolute atomic E-state index is 0.0256. The molecule has 0 saturated carbocycles. The number of halogens is 1. The van der Waals surface area contributed by atoms with Crippen molar-refractivity contribution in [3.05, 3.63) is 57.7 Å². The van der Waals surface area contributed by atoms with E-state index in [1.165, 1.54) is 12.3 Å². The molecule has 0 atom stereocenters. The van der Waals surface area contributed by atoms with Crippen LogP contribution >= 0.6 is 11.6 Å². The summed E-state index contributed by atoms with van der Waals surface area (Å²) < 4.78 is 5.58. The Labute approximate surface area is 127 Å². The number of benzene rings is 1. The van der Waals surface area contributed by atoms with Crippen LogP contribution in [-0.2, 0) is 0 Å². The lowest BCUT2D eigenvalue weighted by atomic mass is 10.3. The molecule has 6 nitrogen and oxygen atoms in total. The van der Waals surface area contributed by atoms with Gasteiger partial charge in [0.05, 0.1) is 11.5 Å². The quantitative estimate of drug-likeness (QED) is 0.605. The number of nitro groups is 1. The number of pyridine rings is 1. The van der Waals surface area contributed by atoms with Crippen molar-refractivity contribution in [1.82, 2.24) is 4.98 Å².